The molecule has 0 bridgehead atoms. The molecule has 62 valence electrons. The zero-order valence-electron chi connectivity index (χ0n) is 6.59. The highest BCUT2D eigenvalue weighted by Crippen LogP contribution is 1.90. The highest BCUT2D eigenvalue weighted by molar-refractivity contribution is 4.61. The third-order valence-electron chi connectivity index (χ3n) is 1.51. The molecule has 0 amide bonds. The van der Waals surface area contributed by atoms with Crippen LogP contribution in [0.1, 0.15) is 6.42 Å². The van der Waals surface area contributed by atoms with Crippen molar-refractivity contribution in [1.29, 1.82) is 0 Å². The Kier molecular flexibility index (Phi) is 5.52. The maximum absolute atomic E-state index is 5.70. The first kappa shape index (κ1) is 9.84. The maximum Gasteiger partial charge on any atom is 0.0581 e. The van der Waals surface area contributed by atoms with Gasteiger partial charge in [-0.05, 0) is 20.0 Å². The molecule has 0 aromatic carbocycles. The lowest BCUT2D eigenvalue weighted by molar-refractivity contribution is 0.244. The SMILES string of the molecule is CN(CCN)C(N)CCN. The summed E-state index contributed by atoms with van der Waals surface area (Å²) in [6.07, 6.45) is 0.893. The van der Waals surface area contributed by atoms with Gasteiger partial charge in [0.05, 0.1) is 6.17 Å². The number of hydrogen-bond donors (Lipinski definition) is 3. The van der Waals surface area contributed by atoms with Crippen molar-refractivity contribution in [2.75, 3.05) is 26.7 Å². The van der Waals surface area contributed by atoms with Crippen molar-refractivity contribution in [3.8, 4) is 0 Å². The van der Waals surface area contributed by atoms with Crippen molar-refractivity contribution in [3.05, 3.63) is 0 Å². The third kappa shape index (κ3) is 3.79. The molecule has 4 heteroatoms. The monoisotopic (exact) mass is 146 g/mol. The second-order valence-electron chi connectivity index (χ2n) is 2.41. The molecule has 0 heterocycles. The zero-order valence-corrected chi connectivity index (χ0v) is 6.59. The largest absolute Gasteiger partial charge is 0.330 e. The molecule has 0 aliphatic carbocycles. The minimum atomic E-state index is 0.0635. The van der Waals surface area contributed by atoms with Crippen molar-refractivity contribution >= 4 is 0 Å². The van der Waals surface area contributed by atoms with Crippen LogP contribution in [0.25, 0.3) is 0 Å². The first-order valence-corrected chi connectivity index (χ1v) is 3.58. The van der Waals surface area contributed by atoms with Gasteiger partial charge in [0, 0.05) is 13.1 Å². The lowest BCUT2D eigenvalue weighted by atomic mass is 10.3. The summed E-state index contributed by atoms with van der Waals surface area (Å²) >= 11 is 0. The maximum atomic E-state index is 5.70. The van der Waals surface area contributed by atoms with Crippen LogP contribution in [0.4, 0.5) is 0 Å². The third-order valence-corrected chi connectivity index (χ3v) is 1.51. The minimum absolute atomic E-state index is 0.0635. The van der Waals surface area contributed by atoms with E-state index in [-0.39, 0.29) is 6.17 Å². The summed E-state index contributed by atoms with van der Waals surface area (Å²) in [4.78, 5) is 2.01. The summed E-state index contributed by atoms with van der Waals surface area (Å²) in [5, 5.41) is 0. The molecule has 0 rings (SSSR count). The molecule has 0 spiro atoms. The van der Waals surface area contributed by atoms with Crippen LogP contribution < -0.4 is 17.2 Å². The summed E-state index contributed by atoms with van der Waals surface area (Å²) < 4.78 is 0. The van der Waals surface area contributed by atoms with Crippen LogP contribution in [0.5, 0.6) is 0 Å². The number of rotatable bonds is 5. The van der Waals surface area contributed by atoms with Crippen LogP contribution in [0, 0.1) is 0 Å². The summed E-state index contributed by atoms with van der Waals surface area (Å²) in [6.45, 7) is 2.12. The fourth-order valence-corrected chi connectivity index (χ4v) is 0.761. The van der Waals surface area contributed by atoms with E-state index in [1.165, 1.54) is 0 Å². The average Bonchev–Trinajstić information content (AvgIpc) is 1.89. The molecule has 1 unspecified atom stereocenters. The molecule has 0 saturated carbocycles. The molecule has 10 heavy (non-hydrogen) atoms. The van der Waals surface area contributed by atoms with Gasteiger partial charge in [-0.2, -0.15) is 0 Å². The number of nitrogens with zero attached hydrogens (tertiary/aromatic N) is 1. The van der Waals surface area contributed by atoms with E-state index < -0.39 is 0 Å². The van der Waals surface area contributed by atoms with Crippen LogP contribution in [-0.2, 0) is 0 Å². The Labute approximate surface area is 62.3 Å². The molecule has 0 aliphatic rings. The van der Waals surface area contributed by atoms with Gasteiger partial charge in [-0.1, -0.05) is 0 Å². The fraction of sp³-hybridized carbons (Fsp3) is 1.00. The molecule has 1 atom stereocenters. The van der Waals surface area contributed by atoms with Crippen LogP contribution in [0.2, 0.25) is 0 Å². The Morgan fingerprint density at radius 2 is 1.90 bits per heavy atom. The van der Waals surface area contributed by atoms with E-state index in [0.29, 0.717) is 13.1 Å². The second-order valence-corrected chi connectivity index (χ2v) is 2.41. The first-order chi connectivity index (χ1) is 4.72. The van der Waals surface area contributed by atoms with E-state index in [4.69, 9.17) is 17.2 Å². The van der Waals surface area contributed by atoms with Crippen LogP contribution in [-0.4, -0.2) is 37.7 Å². The Balaban J connectivity index is 3.38. The first-order valence-electron chi connectivity index (χ1n) is 3.58. The Bertz CT molecular complexity index is 66.1. The smallest absolute Gasteiger partial charge is 0.0581 e. The number of nitrogens with two attached hydrogens (primary N) is 3. The van der Waals surface area contributed by atoms with E-state index in [1.54, 1.807) is 0 Å². The van der Waals surface area contributed by atoms with Gasteiger partial charge in [-0.3, -0.25) is 4.90 Å². The molecule has 0 fully saturated rings. The molecule has 0 radical (unpaired) electrons. The van der Waals surface area contributed by atoms with E-state index in [0.717, 1.165) is 13.0 Å². The van der Waals surface area contributed by atoms with Gasteiger partial charge in [0.2, 0.25) is 0 Å². The van der Waals surface area contributed by atoms with Crippen molar-refractivity contribution in [2.45, 2.75) is 12.6 Å². The van der Waals surface area contributed by atoms with E-state index in [2.05, 4.69) is 0 Å². The lowest BCUT2D eigenvalue weighted by Crippen LogP contribution is -2.42. The van der Waals surface area contributed by atoms with E-state index >= 15 is 0 Å². The van der Waals surface area contributed by atoms with Gasteiger partial charge in [0.1, 0.15) is 0 Å². The Morgan fingerprint density at radius 3 is 2.30 bits per heavy atom. The summed E-state index contributed by atoms with van der Waals surface area (Å²) in [7, 11) is 1.95. The fourth-order valence-electron chi connectivity index (χ4n) is 0.761. The molecule has 0 aliphatic heterocycles. The Morgan fingerprint density at radius 1 is 1.30 bits per heavy atom. The molecule has 0 aromatic heterocycles. The topological polar surface area (TPSA) is 81.3 Å². The minimum Gasteiger partial charge on any atom is -0.330 e. The quantitative estimate of drug-likeness (QED) is 0.413. The predicted octanol–water partition coefficient (Wildman–Crippen LogP) is -1.49. The molecule has 0 aromatic rings. The van der Waals surface area contributed by atoms with Gasteiger partial charge in [0.25, 0.3) is 0 Å². The van der Waals surface area contributed by atoms with E-state index in [9.17, 15) is 0 Å². The van der Waals surface area contributed by atoms with Gasteiger partial charge in [0.15, 0.2) is 0 Å². The van der Waals surface area contributed by atoms with Gasteiger partial charge < -0.3 is 17.2 Å². The molecule has 0 saturated heterocycles. The van der Waals surface area contributed by atoms with Crippen LogP contribution in [0.15, 0.2) is 0 Å². The normalized spacial score (nSPS) is 14.1. The summed E-state index contributed by atoms with van der Waals surface area (Å²) in [6, 6.07) is 0. The molecule has 4 nitrogen and oxygen atoms in total. The number of hydrogen-bond acceptors (Lipinski definition) is 4. The number of likely N-dealkylation sites (N-methyl/N-ethyl adjacent to an activating group) is 1. The average molecular weight is 146 g/mol. The standard InChI is InChI=1S/C6H18N4/c1-10(5-4-8)6(9)2-3-7/h6H,2-5,7-9H2,1H3. The van der Waals surface area contributed by atoms with Crippen molar-refractivity contribution in [3.63, 3.8) is 0 Å². The summed E-state index contributed by atoms with van der Waals surface area (Å²) in [5.74, 6) is 0. The molecular weight excluding hydrogens is 128 g/mol. The van der Waals surface area contributed by atoms with Crippen molar-refractivity contribution in [2.24, 2.45) is 17.2 Å². The van der Waals surface area contributed by atoms with Crippen molar-refractivity contribution < 1.29 is 0 Å². The molecular formula is C6H18N4. The van der Waals surface area contributed by atoms with E-state index in [1.807, 2.05) is 11.9 Å². The highest BCUT2D eigenvalue weighted by Gasteiger charge is 2.05. The summed E-state index contributed by atoms with van der Waals surface area (Å²) in [5.41, 5.74) is 16.4. The van der Waals surface area contributed by atoms with Crippen LogP contribution in [0.3, 0.4) is 0 Å². The van der Waals surface area contributed by atoms with Gasteiger partial charge >= 0.3 is 0 Å². The van der Waals surface area contributed by atoms with Gasteiger partial charge in [-0.25, -0.2) is 0 Å². The zero-order chi connectivity index (χ0) is 7.98. The lowest BCUT2D eigenvalue weighted by Gasteiger charge is -2.22. The predicted molar refractivity (Wildman–Crippen MR) is 43.3 cm³/mol. The van der Waals surface area contributed by atoms with Gasteiger partial charge in [-0.15, -0.1) is 0 Å². The van der Waals surface area contributed by atoms with Crippen molar-refractivity contribution in [1.82, 2.24) is 4.90 Å². The Hall–Kier alpha value is -0.160. The molecule has 6 N–H and O–H groups in total. The second kappa shape index (κ2) is 5.61. The van der Waals surface area contributed by atoms with Crippen LogP contribution >= 0.6 is 0 Å². The highest BCUT2D eigenvalue weighted by atomic mass is 15.2.